The molecule has 0 aromatic heterocycles. The van der Waals surface area contributed by atoms with Crippen LogP contribution >= 0.6 is 0 Å². The molecule has 1 saturated heterocycles. The molecule has 5 heteroatoms. The van der Waals surface area contributed by atoms with Crippen molar-refractivity contribution in [3.8, 4) is 0 Å². The van der Waals surface area contributed by atoms with Crippen LogP contribution in [0.1, 0.15) is 24.0 Å². The van der Waals surface area contributed by atoms with E-state index in [0.29, 0.717) is 13.2 Å². The van der Waals surface area contributed by atoms with Crippen LogP contribution in [0.4, 0.5) is 0 Å². The zero-order valence-corrected chi connectivity index (χ0v) is 14.7. The number of carbonyl (C=O) groups excluding carboxylic acids is 1. The maximum atomic E-state index is 12.7. The van der Waals surface area contributed by atoms with Crippen molar-refractivity contribution in [1.29, 1.82) is 0 Å². The van der Waals surface area contributed by atoms with Gasteiger partial charge in [0.05, 0.1) is 12.5 Å². The molecule has 3 atom stereocenters. The highest BCUT2D eigenvalue weighted by molar-refractivity contribution is 5.82. The van der Waals surface area contributed by atoms with E-state index in [-0.39, 0.29) is 18.4 Å². The second-order valence-electron chi connectivity index (χ2n) is 6.64. The van der Waals surface area contributed by atoms with Crippen molar-refractivity contribution in [2.24, 2.45) is 5.92 Å². The van der Waals surface area contributed by atoms with Crippen molar-refractivity contribution in [1.82, 2.24) is 4.90 Å². The molecule has 1 N–H and O–H groups in total. The maximum absolute atomic E-state index is 12.7. The number of carboxylic acid groups (broad SMARTS) is 1. The number of nitrogens with zero attached hydrogens (tertiary/aromatic N) is 1. The predicted octanol–water partition coefficient (Wildman–Crippen LogP) is 2.92. The molecule has 5 nitrogen and oxygen atoms in total. The van der Waals surface area contributed by atoms with Crippen LogP contribution in [0.15, 0.2) is 60.7 Å². The van der Waals surface area contributed by atoms with Crippen molar-refractivity contribution in [2.45, 2.75) is 25.6 Å². The van der Waals surface area contributed by atoms with E-state index in [0.717, 1.165) is 11.1 Å². The summed E-state index contributed by atoms with van der Waals surface area (Å²) in [5.41, 5.74) is 1.95. The Morgan fingerprint density at radius 3 is 2.31 bits per heavy atom. The highest BCUT2D eigenvalue weighted by atomic mass is 16.5. The molecule has 3 rings (SSSR count). The summed E-state index contributed by atoms with van der Waals surface area (Å²) in [6.07, 6.45) is -0.612. The van der Waals surface area contributed by atoms with E-state index in [1.54, 1.807) is 11.8 Å². The number of amides is 1. The summed E-state index contributed by atoms with van der Waals surface area (Å²) in [6.45, 7) is 2.69. The van der Waals surface area contributed by atoms with Gasteiger partial charge in [-0.1, -0.05) is 60.7 Å². The van der Waals surface area contributed by atoms with Crippen LogP contribution in [0.2, 0.25) is 0 Å². The first-order valence-corrected chi connectivity index (χ1v) is 8.78. The minimum atomic E-state index is -0.869. The Morgan fingerprint density at radius 2 is 1.69 bits per heavy atom. The monoisotopic (exact) mass is 353 g/mol. The molecular formula is C21H23NO4. The summed E-state index contributed by atoms with van der Waals surface area (Å²) < 4.78 is 5.70. The highest BCUT2D eigenvalue weighted by Crippen LogP contribution is 2.33. The number of hydrogen-bond donors (Lipinski definition) is 1. The van der Waals surface area contributed by atoms with E-state index in [1.165, 1.54) is 0 Å². The van der Waals surface area contributed by atoms with E-state index >= 15 is 0 Å². The first-order chi connectivity index (χ1) is 12.6. The summed E-state index contributed by atoms with van der Waals surface area (Å²) in [6, 6.07) is 19.2. The average Bonchev–Trinajstić information content (AvgIpc) is 3.13. The van der Waals surface area contributed by atoms with Crippen LogP contribution in [0.5, 0.6) is 0 Å². The lowest BCUT2D eigenvalue weighted by Crippen LogP contribution is -2.38. The van der Waals surface area contributed by atoms with E-state index in [4.69, 9.17) is 4.74 Å². The van der Waals surface area contributed by atoms with E-state index in [9.17, 15) is 14.7 Å². The highest BCUT2D eigenvalue weighted by Gasteiger charge is 2.41. The van der Waals surface area contributed by atoms with Crippen LogP contribution in [0, 0.1) is 5.92 Å². The predicted molar refractivity (Wildman–Crippen MR) is 97.6 cm³/mol. The van der Waals surface area contributed by atoms with Gasteiger partial charge in [-0.25, -0.2) is 0 Å². The van der Waals surface area contributed by atoms with Gasteiger partial charge in [-0.15, -0.1) is 0 Å². The number of aliphatic carboxylic acids is 1. The lowest BCUT2D eigenvalue weighted by Gasteiger charge is -2.21. The Morgan fingerprint density at radius 1 is 1.08 bits per heavy atom. The maximum Gasteiger partial charge on any atom is 0.308 e. The van der Waals surface area contributed by atoms with Gasteiger partial charge in [-0.3, -0.25) is 9.59 Å². The third-order valence-corrected chi connectivity index (χ3v) is 4.87. The first-order valence-electron chi connectivity index (χ1n) is 8.78. The second-order valence-corrected chi connectivity index (χ2v) is 6.64. The zero-order valence-electron chi connectivity index (χ0n) is 14.7. The molecule has 2 aromatic carbocycles. The fourth-order valence-corrected chi connectivity index (χ4v) is 3.40. The van der Waals surface area contributed by atoms with Crippen LogP contribution in [-0.4, -0.2) is 41.1 Å². The van der Waals surface area contributed by atoms with E-state index in [2.05, 4.69) is 0 Å². The molecule has 1 heterocycles. The molecule has 0 radical (unpaired) electrons. The Kier molecular flexibility index (Phi) is 5.68. The molecule has 2 aromatic rings. The van der Waals surface area contributed by atoms with Crippen molar-refractivity contribution < 1.29 is 19.4 Å². The van der Waals surface area contributed by atoms with Gasteiger partial charge in [0.1, 0.15) is 6.10 Å². The lowest BCUT2D eigenvalue weighted by atomic mass is 9.89. The number of likely N-dealkylation sites (tertiary alicyclic amines) is 1. The van der Waals surface area contributed by atoms with E-state index < -0.39 is 18.0 Å². The van der Waals surface area contributed by atoms with Crippen LogP contribution in [-0.2, 0) is 20.9 Å². The number of carboxylic acids is 1. The van der Waals surface area contributed by atoms with Crippen molar-refractivity contribution in [3.05, 3.63) is 71.8 Å². The smallest absolute Gasteiger partial charge is 0.308 e. The Labute approximate surface area is 153 Å². The van der Waals surface area contributed by atoms with Gasteiger partial charge in [-0.2, -0.15) is 0 Å². The fourth-order valence-electron chi connectivity index (χ4n) is 3.40. The molecule has 1 aliphatic rings. The van der Waals surface area contributed by atoms with Gasteiger partial charge in [0.25, 0.3) is 5.91 Å². The standard InChI is InChI=1S/C21H23NO4/c1-15(26-14-16-8-4-2-5-9-16)20(23)22-12-18(19(13-22)21(24)25)17-10-6-3-7-11-17/h2-11,15,18-19H,12-14H2,1H3,(H,24,25)/t15?,18-,19-/m0/s1. The average molecular weight is 353 g/mol. The summed E-state index contributed by atoms with van der Waals surface area (Å²) in [5, 5.41) is 9.57. The van der Waals surface area contributed by atoms with Gasteiger partial charge in [-0.05, 0) is 18.1 Å². The second kappa shape index (κ2) is 8.15. The molecule has 1 aliphatic heterocycles. The van der Waals surface area contributed by atoms with Crippen LogP contribution in [0.25, 0.3) is 0 Å². The third-order valence-electron chi connectivity index (χ3n) is 4.87. The Bertz CT molecular complexity index is 747. The summed E-state index contributed by atoms with van der Waals surface area (Å²) in [5.74, 6) is -1.82. The van der Waals surface area contributed by atoms with Crippen molar-refractivity contribution in [3.63, 3.8) is 0 Å². The molecule has 0 saturated carbocycles. The normalized spacial score (nSPS) is 20.7. The summed E-state index contributed by atoms with van der Waals surface area (Å²) in [4.78, 5) is 26.0. The number of rotatable bonds is 6. The zero-order chi connectivity index (χ0) is 18.5. The SMILES string of the molecule is CC(OCc1ccccc1)C(=O)N1C[C@H](C(=O)O)[C@H](c2ccccc2)C1. The molecular weight excluding hydrogens is 330 g/mol. The molecule has 1 amide bonds. The third kappa shape index (κ3) is 4.11. The molecule has 0 bridgehead atoms. The molecule has 136 valence electrons. The Balaban J connectivity index is 1.65. The molecule has 0 spiro atoms. The minimum absolute atomic E-state index is 0.161. The first kappa shape index (κ1) is 18.1. The number of hydrogen-bond acceptors (Lipinski definition) is 3. The van der Waals surface area contributed by atoms with E-state index in [1.807, 2.05) is 60.7 Å². The van der Waals surface area contributed by atoms with Crippen LogP contribution in [0.3, 0.4) is 0 Å². The molecule has 26 heavy (non-hydrogen) atoms. The number of benzene rings is 2. The fraction of sp³-hybridized carbons (Fsp3) is 0.333. The summed E-state index contributed by atoms with van der Waals surface area (Å²) >= 11 is 0. The molecule has 1 fully saturated rings. The van der Waals surface area contributed by atoms with Crippen molar-refractivity contribution in [2.75, 3.05) is 13.1 Å². The molecule has 1 unspecified atom stereocenters. The molecule has 0 aliphatic carbocycles. The Hall–Kier alpha value is -2.66. The van der Waals surface area contributed by atoms with Crippen molar-refractivity contribution >= 4 is 11.9 Å². The number of carbonyl (C=O) groups is 2. The summed E-state index contributed by atoms with van der Waals surface area (Å²) in [7, 11) is 0. The van der Waals surface area contributed by atoms with Gasteiger partial charge in [0.2, 0.25) is 0 Å². The number of ether oxygens (including phenoxy) is 1. The van der Waals surface area contributed by atoms with Gasteiger partial charge < -0.3 is 14.7 Å². The van der Waals surface area contributed by atoms with Gasteiger partial charge in [0, 0.05) is 19.0 Å². The minimum Gasteiger partial charge on any atom is -0.481 e. The quantitative estimate of drug-likeness (QED) is 0.867. The van der Waals surface area contributed by atoms with Gasteiger partial charge >= 0.3 is 5.97 Å². The van der Waals surface area contributed by atoms with Gasteiger partial charge in [0.15, 0.2) is 0 Å². The van der Waals surface area contributed by atoms with Crippen LogP contribution < -0.4 is 0 Å². The largest absolute Gasteiger partial charge is 0.481 e. The lowest BCUT2D eigenvalue weighted by molar-refractivity contribution is -0.144. The topological polar surface area (TPSA) is 66.8 Å².